The number of hydrogen-bond acceptors (Lipinski definition) is 8. The molecule has 0 heterocycles. The molecule has 0 unspecified atom stereocenters. The molecular formula is C28H51NO8Si. The second kappa shape index (κ2) is 25.1. The number of alkyl carbamates (subject to hydrolysis) is 1. The number of nitrogens with one attached hydrogen (secondary N) is 1. The summed E-state index contributed by atoms with van der Waals surface area (Å²) in [5.41, 5.74) is 0.313. The minimum absolute atomic E-state index is 0.0350. The Morgan fingerprint density at radius 1 is 0.684 bits per heavy atom. The summed E-state index contributed by atoms with van der Waals surface area (Å²) in [6.07, 6.45) is 8.80. The van der Waals surface area contributed by atoms with Crippen molar-refractivity contribution in [1.29, 1.82) is 0 Å². The van der Waals surface area contributed by atoms with E-state index in [2.05, 4.69) is 25.0 Å². The lowest BCUT2D eigenvalue weighted by molar-refractivity contribution is -0.150. The van der Waals surface area contributed by atoms with Gasteiger partial charge in [-0.2, -0.15) is 0 Å². The minimum Gasteiger partial charge on any atom is -0.462 e. The van der Waals surface area contributed by atoms with Gasteiger partial charge in [0.1, 0.15) is 19.0 Å². The highest BCUT2D eigenvalue weighted by Crippen LogP contribution is 2.07. The van der Waals surface area contributed by atoms with Gasteiger partial charge in [-0.1, -0.05) is 32.1 Å². The second-order valence-corrected chi connectivity index (χ2v) is 13.3. The fourth-order valence-electron chi connectivity index (χ4n) is 3.41. The average Bonchev–Trinajstić information content (AvgIpc) is 2.87. The van der Waals surface area contributed by atoms with Crippen LogP contribution in [0.3, 0.4) is 0 Å². The summed E-state index contributed by atoms with van der Waals surface area (Å²) in [6.45, 7) is 12.1. The molecule has 0 saturated carbocycles. The summed E-state index contributed by atoms with van der Waals surface area (Å²) in [4.78, 5) is 46.4. The molecule has 0 radical (unpaired) electrons. The SMILES string of the molecule is C=C(C)C(=O)OCCOC(=O)CCCCCOCCCCC(=O)CCCCCOC(=O)NCCC[SiH](C)C. The van der Waals surface area contributed by atoms with Gasteiger partial charge in [0.05, 0.1) is 6.61 Å². The number of amides is 1. The van der Waals surface area contributed by atoms with Gasteiger partial charge >= 0.3 is 18.0 Å². The van der Waals surface area contributed by atoms with Crippen LogP contribution in [0.25, 0.3) is 0 Å². The molecule has 0 bridgehead atoms. The average molecular weight is 558 g/mol. The van der Waals surface area contributed by atoms with E-state index in [4.69, 9.17) is 18.9 Å². The van der Waals surface area contributed by atoms with Crippen LogP contribution in [0.2, 0.25) is 19.1 Å². The van der Waals surface area contributed by atoms with Gasteiger partial charge in [-0.15, -0.1) is 0 Å². The Labute approximate surface area is 231 Å². The Hall–Kier alpha value is -2.20. The molecule has 10 heteroatoms. The van der Waals surface area contributed by atoms with Gasteiger partial charge in [-0.05, 0) is 58.3 Å². The molecule has 38 heavy (non-hydrogen) atoms. The first-order chi connectivity index (χ1) is 18.2. The van der Waals surface area contributed by atoms with Crippen LogP contribution in [0, 0.1) is 0 Å². The summed E-state index contributed by atoms with van der Waals surface area (Å²) in [5.74, 6) is -0.512. The second-order valence-electron chi connectivity index (χ2n) is 9.96. The quantitative estimate of drug-likeness (QED) is 0.0540. The molecule has 0 aliphatic rings. The summed E-state index contributed by atoms with van der Waals surface area (Å²) >= 11 is 0. The Bertz CT molecular complexity index is 684. The van der Waals surface area contributed by atoms with Crippen LogP contribution in [0.15, 0.2) is 12.2 Å². The molecule has 0 fully saturated rings. The zero-order valence-electron chi connectivity index (χ0n) is 24.0. The third-order valence-electron chi connectivity index (χ3n) is 5.65. The van der Waals surface area contributed by atoms with Crippen molar-refractivity contribution >= 4 is 32.6 Å². The number of esters is 2. The predicted molar refractivity (Wildman–Crippen MR) is 151 cm³/mol. The summed E-state index contributed by atoms with van der Waals surface area (Å²) in [5, 5.41) is 2.78. The Kier molecular flexibility index (Phi) is 23.6. The first-order valence-corrected chi connectivity index (χ1v) is 17.3. The largest absolute Gasteiger partial charge is 0.462 e. The highest BCUT2D eigenvalue weighted by Gasteiger charge is 2.06. The van der Waals surface area contributed by atoms with Crippen LogP contribution in [0.4, 0.5) is 4.79 Å². The molecule has 0 aromatic rings. The van der Waals surface area contributed by atoms with Gasteiger partial charge in [-0.3, -0.25) is 9.59 Å². The molecule has 0 rings (SSSR count). The molecule has 0 aromatic carbocycles. The molecule has 0 aromatic heterocycles. The monoisotopic (exact) mass is 557 g/mol. The number of hydrogen-bond donors (Lipinski definition) is 1. The maximum absolute atomic E-state index is 12.0. The van der Waals surface area contributed by atoms with Gasteiger partial charge in [0.2, 0.25) is 0 Å². The zero-order chi connectivity index (χ0) is 28.4. The Morgan fingerprint density at radius 3 is 1.92 bits per heavy atom. The number of ketones is 1. The molecule has 0 aliphatic heterocycles. The normalized spacial score (nSPS) is 10.7. The first kappa shape index (κ1) is 35.8. The van der Waals surface area contributed by atoms with Crippen molar-refractivity contribution < 1.29 is 38.1 Å². The summed E-state index contributed by atoms with van der Waals surface area (Å²) < 4.78 is 20.6. The molecule has 220 valence electrons. The third-order valence-corrected chi connectivity index (χ3v) is 7.22. The smallest absolute Gasteiger partial charge is 0.407 e. The number of Topliss-reactive ketones (excluding diaryl/α,β-unsaturated/α-hetero) is 1. The first-order valence-electron chi connectivity index (χ1n) is 14.2. The highest BCUT2D eigenvalue weighted by molar-refractivity contribution is 6.55. The van der Waals surface area contributed by atoms with Crippen LogP contribution >= 0.6 is 0 Å². The lowest BCUT2D eigenvalue weighted by Gasteiger charge is -2.08. The molecule has 0 saturated heterocycles. The molecule has 0 aliphatic carbocycles. The number of rotatable bonds is 25. The fraction of sp³-hybridized carbons (Fsp3) is 0.786. The molecule has 1 amide bonds. The molecular weight excluding hydrogens is 506 g/mol. The van der Waals surface area contributed by atoms with E-state index in [9.17, 15) is 19.2 Å². The zero-order valence-corrected chi connectivity index (χ0v) is 25.1. The van der Waals surface area contributed by atoms with Crippen LogP contribution in [0.5, 0.6) is 0 Å². The van der Waals surface area contributed by atoms with Gasteiger partial charge in [0.25, 0.3) is 0 Å². The van der Waals surface area contributed by atoms with Crippen LogP contribution in [-0.4, -0.2) is 72.2 Å². The maximum atomic E-state index is 12.0. The van der Waals surface area contributed by atoms with Crippen molar-refractivity contribution in [3.8, 4) is 0 Å². The van der Waals surface area contributed by atoms with Gasteiger partial charge in [-0.25, -0.2) is 9.59 Å². The standard InChI is InChI=1S/C28H51NO8Si/c1-24(2)27(32)36-22-21-35-26(31)16-8-6-10-18-34-19-12-9-15-25(30)14-7-5-11-20-37-28(33)29-17-13-23-38(3)4/h38H,1,5-23H2,2-4H3,(H,29,33). The molecule has 0 spiro atoms. The summed E-state index contributed by atoms with van der Waals surface area (Å²) in [6, 6.07) is 1.23. The van der Waals surface area contributed by atoms with Crippen molar-refractivity contribution in [2.75, 3.05) is 39.6 Å². The van der Waals surface area contributed by atoms with Crippen LogP contribution in [-0.2, 0) is 33.3 Å². The number of carbonyl (C=O) groups is 4. The van der Waals surface area contributed by atoms with E-state index in [-0.39, 0.29) is 31.1 Å². The van der Waals surface area contributed by atoms with E-state index in [0.717, 1.165) is 57.8 Å². The van der Waals surface area contributed by atoms with E-state index < -0.39 is 14.8 Å². The van der Waals surface area contributed by atoms with Crippen LogP contribution in [0.1, 0.15) is 84.0 Å². The number of unbranched alkanes of at least 4 members (excludes halogenated alkanes) is 5. The Balaban J connectivity index is 3.38. The lowest BCUT2D eigenvalue weighted by Crippen LogP contribution is -2.26. The van der Waals surface area contributed by atoms with E-state index in [0.29, 0.717) is 51.2 Å². The van der Waals surface area contributed by atoms with E-state index >= 15 is 0 Å². The van der Waals surface area contributed by atoms with E-state index in [1.165, 1.54) is 6.04 Å². The highest BCUT2D eigenvalue weighted by atomic mass is 28.3. The fourth-order valence-corrected chi connectivity index (χ4v) is 4.43. The van der Waals surface area contributed by atoms with E-state index in [1.54, 1.807) is 6.92 Å². The molecule has 1 N–H and O–H groups in total. The van der Waals surface area contributed by atoms with Gasteiger partial charge in [0.15, 0.2) is 0 Å². The summed E-state index contributed by atoms with van der Waals surface area (Å²) in [7, 11) is -0.554. The van der Waals surface area contributed by atoms with Crippen molar-refractivity contribution in [1.82, 2.24) is 5.32 Å². The topological polar surface area (TPSA) is 117 Å². The van der Waals surface area contributed by atoms with Crippen molar-refractivity contribution in [3.05, 3.63) is 12.2 Å². The van der Waals surface area contributed by atoms with Gasteiger partial charge < -0.3 is 24.3 Å². The minimum atomic E-state index is -0.554. The maximum Gasteiger partial charge on any atom is 0.407 e. The van der Waals surface area contributed by atoms with Crippen molar-refractivity contribution in [3.63, 3.8) is 0 Å². The Morgan fingerprint density at radius 2 is 1.26 bits per heavy atom. The number of carbonyl (C=O) groups excluding carboxylic acids is 4. The third kappa shape index (κ3) is 25.4. The lowest BCUT2D eigenvalue weighted by atomic mass is 10.1. The van der Waals surface area contributed by atoms with Crippen molar-refractivity contribution in [2.24, 2.45) is 0 Å². The predicted octanol–water partition coefficient (Wildman–Crippen LogP) is 5.13. The molecule has 9 nitrogen and oxygen atoms in total. The van der Waals surface area contributed by atoms with E-state index in [1.807, 2.05) is 0 Å². The van der Waals surface area contributed by atoms with Crippen LogP contribution < -0.4 is 5.32 Å². The molecule has 0 atom stereocenters. The van der Waals surface area contributed by atoms with Gasteiger partial charge in [0, 0.05) is 53.4 Å². The number of ether oxygens (including phenoxy) is 4. The van der Waals surface area contributed by atoms with Crippen molar-refractivity contribution in [2.45, 2.75) is 103 Å².